The SMILES string of the molecule is CCC1(C)CSC(=NC2CCN(C)C2=O)N1. The zero-order valence-corrected chi connectivity index (χ0v) is 10.9. The molecule has 2 aliphatic heterocycles. The van der Waals surface area contributed by atoms with Crippen molar-refractivity contribution in [2.24, 2.45) is 4.99 Å². The lowest BCUT2D eigenvalue weighted by Crippen LogP contribution is -2.40. The van der Waals surface area contributed by atoms with Crippen LogP contribution in [0.3, 0.4) is 0 Å². The molecule has 2 atom stereocenters. The van der Waals surface area contributed by atoms with E-state index in [1.165, 1.54) is 0 Å². The van der Waals surface area contributed by atoms with Gasteiger partial charge >= 0.3 is 0 Å². The summed E-state index contributed by atoms with van der Waals surface area (Å²) in [5.74, 6) is 1.19. The maximum Gasteiger partial charge on any atom is 0.247 e. The zero-order valence-electron chi connectivity index (χ0n) is 10.1. The number of rotatable bonds is 2. The van der Waals surface area contributed by atoms with Crippen molar-refractivity contribution in [1.82, 2.24) is 10.2 Å². The van der Waals surface area contributed by atoms with E-state index in [0.29, 0.717) is 0 Å². The third-order valence-corrected chi connectivity index (χ3v) is 4.65. The van der Waals surface area contributed by atoms with Gasteiger partial charge in [0.15, 0.2) is 5.17 Å². The summed E-state index contributed by atoms with van der Waals surface area (Å²) < 4.78 is 0. The Hall–Kier alpha value is -0.710. The number of hydrogen-bond donors (Lipinski definition) is 1. The van der Waals surface area contributed by atoms with Gasteiger partial charge in [-0.1, -0.05) is 18.7 Å². The summed E-state index contributed by atoms with van der Waals surface area (Å²) in [5, 5.41) is 4.36. The number of carbonyl (C=O) groups excluding carboxylic acids is 1. The molecule has 0 aromatic carbocycles. The number of nitrogens with one attached hydrogen (secondary N) is 1. The van der Waals surface area contributed by atoms with E-state index in [4.69, 9.17) is 0 Å². The van der Waals surface area contributed by atoms with Crippen molar-refractivity contribution in [1.29, 1.82) is 0 Å². The van der Waals surface area contributed by atoms with Gasteiger partial charge in [-0.25, -0.2) is 4.99 Å². The van der Waals surface area contributed by atoms with Gasteiger partial charge < -0.3 is 10.2 Å². The minimum Gasteiger partial charge on any atom is -0.359 e. The molecular weight excluding hydrogens is 222 g/mol. The Labute approximate surface area is 101 Å². The molecule has 2 fully saturated rings. The van der Waals surface area contributed by atoms with Crippen molar-refractivity contribution in [2.75, 3.05) is 19.3 Å². The number of aliphatic imine (C=N–C) groups is 1. The molecular formula is C11H19N3OS. The Morgan fingerprint density at radius 3 is 2.94 bits per heavy atom. The predicted octanol–water partition coefficient (Wildman–Crippen LogP) is 1.08. The molecule has 0 aromatic rings. The van der Waals surface area contributed by atoms with E-state index < -0.39 is 0 Å². The average Bonchev–Trinajstić information content (AvgIpc) is 2.78. The molecule has 5 heteroatoms. The highest BCUT2D eigenvalue weighted by Crippen LogP contribution is 2.26. The van der Waals surface area contributed by atoms with E-state index in [9.17, 15) is 4.79 Å². The third-order valence-electron chi connectivity index (χ3n) is 3.39. The Bertz CT molecular complexity index is 331. The molecule has 0 aliphatic carbocycles. The fraction of sp³-hybridized carbons (Fsp3) is 0.818. The molecule has 2 heterocycles. The molecule has 0 radical (unpaired) electrons. The molecule has 0 spiro atoms. The van der Waals surface area contributed by atoms with E-state index in [2.05, 4.69) is 24.2 Å². The van der Waals surface area contributed by atoms with Gasteiger partial charge in [-0.3, -0.25) is 4.79 Å². The summed E-state index contributed by atoms with van der Waals surface area (Å²) in [6.07, 6.45) is 1.93. The number of amidine groups is 1. The molecule has 0 aromatic heterocycles. The van der Waals surface area contributed by atoms with Crippen LogP contribution in [0.5, 0.6) is 0 Å². The van der Waals surface area contributed by atoms with Gasteiger partial charge in [0, 0.05) is 24.9 Å². The van der Waals surface area contributed by atoms with Crippen molar-refractivity contribution in [3.8, 4) is 0 Å². The Morgan fingerprint density at radius 1 is 1.69 bits per heavy atom. The smallest absolute Gasteiger partial charge is 0.247 e. The van der Waals surface area contributed by atoms with E-state index in [-0.39, 0.29) is 17.5 Å². The normalized spacial score (nSPS) is 37.2. The first kappa shape index (κ1) is 11.8. The first-order valence-corrected chi connectivity index (χ1v) is 6.76. The van der Waals surface area contributed by atoms with E-state index >= 15 is 0 Å². The molecule has 2 saturated heterocycles. The summed E-state index contributed by atoms with van der Waals surface area (Å²) in [5.41, 5.74) is 0.150. The van der Waals surface area contributed by atoms with Gasteiger partial charge in [-0.2, -0.15) is 0 Å². The highest BCUT2D eigenvalue weighted by molar-refractivity contribution is 8.14. The van der Waals surface area contributed by atoms with Crippen LogP contribution >= 0.6 is 11.8 Å². The maximum absolute atomic E-state index is 11.7. The number of likely N-dealkylation sites (tertiary alicyclic amines) is 1. The van der Waals surface area contributed by atoms with Crippen LogP contribution in [-0.4, -0.2) is 46.9 Å². The van der Waals surface area contributed by atoms with Crippen molar-refractivity contribution in [3.05, 3.63) is 0 Å². The predicted molar refractivity (Wildman–Crippen MR) is 67.8 cm³/mol. The highest BCUT2D eigenvalue weighted by atomic mass is 32.2. The quantitative estimate of drug-likeness (QED) is 0.787. The zero-order chi connectivity index (χ0) is 11.8. The average molecular weight is 241 g/mol. The largest absolute Gasteiger partial charge is 0.359 e. The van der Waals surface area contributed by atoms with Crippen LogP contribution in [-0.2, 0) is 4.79 Å². The van der Waals surface area contributed by atoms with Crippen LogP contribution in [0.25, 0.3) is 0 Å². The fourth-order valence-electron chi connectivity index (χ4n) is 1.88. The van der Waals surface area contributed by atoms with Gasteiger partial charge in [0.25, 0.3) is 0 Å². The lowest BCUT2D eigenvalue weighted by molar-refractivity contribution is -0.127. The molecule has 0 bridgehead atoms. The number of carbonyl (C=O) groups is 1. The minimum atomic E-state index is -0.154. The Kier molecular flexibility index (Phi) is 3.15. The number of nitrogens with zero attached hydrogens (tertiary/aromatic N) is 2. The molecule has 1 N–H and O–H groups in total. The number of likely N-dealkylation sites (N-methyl/N-ethyl adjacent to an activating group) is 1. The van der Waals surface area contributed by atoms with Crippen molar-refractivity contribution in [2.45, 2.75) is 38.3 Å². The van der Waals surface area contributed by atoms with Gasteiger partial charge in [0.1, 0.15) is 6.04 Å². The number of hydrogen-bond acceptors (Lipinski definition) is 3. The molecule has 2 unspecified atom stereocenters. The monoisotopic (exact) mass is 241 g/mol. The second-order valence-electron chi connectivity index (χ2n) is 4.83. The lowest BCUT2D eigenvalue weighted by atomic mass is 10.0. The second-order valence-corrected chi connectivity index (χ2v) is 5.79. The Morgan fingerprint density at radius 2 is 2.44 bits per heavy atom. The second kappa shape index (κ2) is 4.28. The topological polar surface area (TPSA) is 44.7 Å². The first-order chi connectivity index (χ1) is 7.54. The first-order valence-electron chi connectivity index (χ1n) is 5.78. The van der Waals surface area contributed by atoms with Crippen LogP contribution < -0.4 is 5.32 Å². The highest BCUT2D eigenvalue weighted by Gasteiger charge is 2.34. The van der Waals surface area contributed by atoms with Gasteiger partial charge in [-0.05, 0) is 19.8 Å². The molecule has 2 aliphatic rings. The number of thioether (sulfide) groups is 1. The summed E-state index contributed by atoms with van der Waals surface area (Å²) in [7, 11) is 1.84. The van der Waals surface area contributed by atoms with Crippen LogP contribution in [0.4, 0.5) is 0 Å². The summed E-state index contributed by atoms with van der Waals surface area (Å²) in [6.45, 7) is 5.20. The van der Waals surface area contributed by atoms with Gasteiger partial charge in [0.2, 0.25) is 5.91 Å². The van der Waals surface area contributed by atoms with Crippen LogP contribution in [0.1, 0.15) is 26.7 Å². The van der Waals surface area contributed by atoms with Crippen LogP contribution in [0, 0.1) is 0 Å². The van der Waals surface area contributed by atoms with E-state index in [1.807, 2.05) is 7.05 Å². The summed E-state index contributed by atoms with van der Waals surface area (Å²) in [4.78, 5) is 18.0. The Balaban J connectivity index is 2.02. The van der Waals surface area contributed by atoms with Crippen molar-refractivity contribution in [3.63, 3.8) is 0 Å². The standard InChI is InChI=1S/C11H19N3OS/c1-4-11(2)7-16-10(13-11)12-8-5-6-14(3)9(8)15/h8H,4-7H2,1-3H3,(H,12,13). The summed E-state index contributed by atoms with van der Waals surface area (Å²) in [6, 6.07) is -0.154. The lowest BCUT2D eigenvalue weighted by Gasteiger charge is -2.21. The third kappa shape index (κ3) is 2.19. The molecule has 2 rings (SSSR count). The van der Waals surface area contributed by atoms with Crippen molar-refractivity contribution >= 4 is 22.8 Å². The van der Waals surface area contributed by atoms with Gasteiger partial charge in [-0.15, -0.1) is 0 Å². The van der Waals surface area contributed by atoms with Crippen LogP contribution in [0.15, 0.2) is 4.99 Å². The van der Waals surface area contributed by atoms with Crippen LogP contribution in [0.2, 0.25) is 0 Å². The molecule has 16 heavy (non-hydrogen) atoms. The molecule has 90 valence electrons. The maximum atomic E-state index is 11.7. The fourth-order valence-corrected chi connectivity index (χ4v) is 3.14. The molecule has 1 amide bonds. The number of amides is 1. The molecule has 4 nitrogen and oxygen atoms in total. The van der Waals surface area contributed by atoms with Crippen molar-refractivity contribution < 1.29 is 4.79 Å². The van der Waals surface area contributed by atoms with Gasteiger partial charge in [0.05, 0.1) is 0 Å². The minimum absolute atomic E-state index is 0.150. The summed E-state index contributed by atoms with van der Waals surface area (Å²) >= 11 is 1.73. The van der Waals surface area contributed by atoms with E-state index in [0.717, 1.165) is 30.3 Å². The van der Waals surface area contributed by atoms with E-state index in [1.54, 1.807) is 16.7 Å². The molecule has 0 saturated carbocycles.